The van der Waals surface area contributed by atoms with Crippen molar-refractivity contribution in [1.29, 1.82) is 0 Å². The average Bonchev–Trinajstić information content (AvgIpc) is 3.17. The van der Waals surface area contributed by atoms with Gasteiger partial charge < -0.3 is 20.3 Å². The van der Waals surface area contributed by atoms with Crippen molar-refractivity contribution >= 4 is 11.7 Å². The summed E-state index contributed by atoms with van der Waals surface area (Å²) >= 11 is 0. The molecule has 1 fully saturated rings. The summed E-state index contributed by atoms with van der Waals surface area (Å²) < 4.78 is 9.93. The van der Waals surface area contributed by atoms with Crippen molar-refractivity contribution in [3.63, 3.8) is 0 Å². The molecule has 1 saturated heterocycles. The first kappa shape index (κ1) is 28.6. The van der Waals surface area contributed by atoms with E-state index in [4.69, 9.17) is 20.3 Å². The molecule has 2 rings (SSSR count). The van der Waals surface area contributed by atoms with Crippen LogP contribution < -0.4 is 5.73 Å². The van der Waals surface area contributed by atoms with Gasteiger partial charge in [-0.25, -0.2) is 4.79 Å². The Morgan fingerprint density at radius 3 is 2.32 bits per heavy atom. The monoisotopic (exact) mass is 397 g/mol. The number of esters is 1. The Morgan fingerprint density at radius 2 is 1.96 bits per heavy atom. The first-order valence-electron chi connectivity index (χ1n) is 10.6. The highest BCUT2D eigenvalue weighted by atomic mass is 16.5. The van der Waals surface area contributed by atoms with Gasteiger partial charge in [0.2, 0.25) is 0 Å². The van der Waals surface area contributed by atoms with E-state index in [1.165, 1.54) is 6.42 Å². The van der Waals surface area contributed by atoms with Gasteiger partial charge in [-0.3, -0.25) is 0 Å². The molecule has 3 N–H and O–H groups in total. The minimum Gasteiger partial charge on any atom is -0.462 e. The largest absolute Gasteiger partial charge is 0.462 e. The quantitative estimate of drug-likeness (QED) is 0.515. The molecule has 1 aromatic carbocycles. The van der Waals surface area contributed by atoms with Gasteiger partial charge in [-0.1, -0.05) is 47.1 Å². The molecule has 164 valence electrons. The summed E-state index contributed by atoms with van der Waals surface area (Å²) in [6, 6.07) is 5.20. The highest BCUT2D eigenvalue weighted by Crippen LogP contribution is 2.13. The summed E-state index contributed by atoms with van der Waals surface area (Å²) in [4.78, 5) is 11.3. The van der Waals surface area contributed by atoms with E-state index in [1.807, 2.05) is 33.8 Å². The SMILES string of the molecule is CC.CC1CCOC1.CCCC(O)CC.CCOC(=O)c1cc(N)ccc1C. The van der Waals surface area contributed by atoms with E-state index in [0.717, 1.165) is 44.0 Å². The third kappa shape index (κ3) is 14.5. The van der Waals surface area contributed by atoms with Crippen LogP contribution in [0.25, 0.3) is 0 Å². The fourth-order valence-corrected chi connectivity index (χ4v) is 2.26. The summed E-state index contributed by atoms with van der Waals surface area (Å²) in [5.41, 5.74) is 7.56. The Kier molecular flexibility index (Phi) is 19.2. The van der Waals surface area contributed by atoms with Crippen LogP contribution in [0, 0.1) is 12.8 Å². The third-order valence-corrected chi connectivity index (χ3v) is 4.01. The first-order valence-corrected chi connectivity index (χ1v) is 10.6. The number of aliphatic hydroxyl groups excluding tert-OH is 1. The van der Waals surface area contributed by atoms with Crippen molar-refractivity contribution in [1.82, 2.24) is 0 Å². The van der Waals surface area contributed by atoms with E-state index in [-0.39, 0.29) is 12.1 Å². The molecule has 0 amide bonds. The Balaban J connectivity index is 0. The second-order valence-electron chi connectivity index (χ2n) is 6.61. The van der Waals surface area contributed by atoms with Crippen molar-refractivity contribution in [3.8, 4) is 0 Å². The van der Waals surface area contributed by atoms with Crippen LogP contribution in [0.5, 0.6) is 0 Å². The molecule has 1 aromatic rings. The fourth-order valence-electron chi connectivity index (χ4n) is 2.26. The van der Waals surface area contributed by atoms with Crippen molar-refractivity contribution in [3.05, 3.63) is 29.3 Å². The predicted molar refractivity (Wildman–Crippen MR) is 119 cm³/mol. The molecule has 1 aliphatic rings. The Morgan fingerprint density at radius 1 is 1.32 bits per heavy atom. The summed E-state index contributed by atoms with van der Waals surface area (Å²) in [5, 5.41) is 8.86. The summed E-state index contributed by atoms with van der Waals surface area (Å²) in [6.07, 6.45) is 4.16. The van der Waals surface area contributed by atoms with E-state index >= 15 is 0 Å². The zero-order chi connectivity index (χ0) is 21.9. The number of carbonyl (C=O) groups excluding carboxylic acids is 1. The van der Waals surface area contributed by atoms with Crippen molar-refractivity contribution in [2.45, 2.75) is 80.3 Å². The minimum atomic E-state index is -0.313. The number of anilines is 1. The zero-order valence-electron chi connectivity index (χ0n) is 19.1. The minimum absolute atomic E-state index is 0.0509. The Labute approximate surface area is 172 Å². The average molecular weight is 398 g/mol. The Hall–Kier alpha value is -1.59. The zero-order valence-corrected chi connectivity index (χ0v) is 19.1. The number of ether oxygens (including phenoxy) is 2. The van der Waals surface area contributed by atoms with Crippen LogP contribution in [-0.4, -0.2) is 37.0 Å². The molecule has 2 unspecified atom stereocenters. The standard InChI is InChI=1S/C10H13NO2.C6H14O.C5H10O.C2H6/c1-3-13-10(12)9-6-8(11)5-4-7(9)2;1-3-5-6(7)4-2;1-5-2-3-6-4-5;1-2/h4-6H,3,11H2,1-2H3;6-7H,3-5H2,1-2H3;5H,2-4H2,1H3;1-2H3. The second-order valence-corrected chi connectivity index (χ2v) is 6.61. The lowest BCUT2D eigenvalue weighted by molar-refractivity contribution is 0.0525. The number of aryl methyl sites for hydroxylation is 1. The number of nitrogens with two attached hydrogens (primary N) is 1. The van der Waals surface area contributed by atoms with Crippen LogP contribution in [0.2, 0.25) is 0 Å². The molecular formula is C23H43NO4. The number of benzene rings is 1. The van der Waals surface area contributed by atoms with Crippen LogP contribution in [0.3, 0.4) is 0 Å². The van der Waals surface area contributed by atoms with E-state index in [1.54, 1.807) is 19.1 Å². The third-order valence-electron chi connectivity index (χ3n) is 4.01. The van der Waals surface area contributed by atoms with Gasteiger partial charge in [0.05, 0.1) is 18.3 Å². The van der Waals surface area contributed by atoms with Gasteiger partial charge in [-0.15, -0.1) is 0 Å². The highest BCUT2D eigenvalue weighted by molar-refractivity contribution is 5.92. The smallest absolute Gasteiger partial charge is 0.338 e. The van der Waals surface area contributed by atoms with Crippen LogP contribution in [0.1, 0.15) is 83.1 Å². The maximum absolute atomic E-state index is 11.3. The van der Waals surface area contributed by atoms with Gasteiger partial charge in [0.25, 0.3) is 0 Å². The topological polar surface area (TPSA) is 81.8 Å². The molecule has 0 spiro atoms. The molecule has 0 radical (unpaired) electrons. The number of hydrogen-bond donors (Lipinski definition) is 2. The molecule has 5 heteroatoms. The predicted octanol–water partition coefficient (Wildman–Crippen LogP) is 5.38. The van der Waals surface area contributed by atoms with Crippen molar-refractivity contribution in [2.24, 2.45) is 5.92 Å². The molecule has 1 aliphatic heterocycles. The van der Waals surface area contributed by atoms with Crippen LogP contribution in [0.4, 0.5) is 5.69 Å². The van der Waals surface area contributed by atoms with Crippen molar-refractivity contribution < 1.29 is 19.4 Å². The number of hydrogen-bond acceptors (Lipinski definition) is 5. The molecule has 2 atom stereocenters. The van der Waals surface area contributed by atoms with Crippen molar-refractivity contribution in [2.75, 3.05) is 25.6 Å². The van der Waals surface area contributed by atoms with E-state index in [2.05, 4.69) is 13.8 Å². The van der Waals surface area contributed by atoms with E-state index < -0.39 is 0 Å². The van der Waals surface area contributed by atoms with Crippen LogP contribution in [-0.2, 0) is 9.47 Å². The molecular weight excluding hydrogens is 354 g/mol. The number of nitrogen functional groups attached to an aromatic ring is 1. The number of rotatable bonds is 5. The summed E-state index contributed by atoms with van der Waals surface area (Å²) in [5.74, 6) is 0.511. The van der Waals surface area contributed by atoms with Crippen LogP contribution >= 0.6 is 0 Å². The molecule has 0 saturated carbocycles. The molecule has 5 nitrogen and oxygen atoms in total. The lowest BCUT2D eigenvalue weighted by Gasteiger charge is -2.05. The normalized spacial score (nSPS) is 15.6. The molecule has 28 heavy (non-hydrogen) atoms. The molecule has 0 bridgehead atoms. The van der Waals surface area contributed by atoms with Crippen LogP contribution in [0.15, 0.2) is 18.2 Å². The number of carbonyl (C=O) groups is 1. The number of aliphatic hydroxyl groups is 1. The lowest BCUT2D eigenvalue weighted by atomic mass is 10.1. The van der Waals surface area contributed by atoms with Gasteiger partial charge in [-0.05, 0) is 56.7 Å². The summed E-state index contributed by atoms with van der Waals surface area (Å²) in [7, 11) is 0. The molecule has 0 aliphatic carbocycles. The molecule has 0 aromatic heterocycles. The first-order chi connectivity index (χ1) is 13.3. The van der Waals surface area contributed by atoms with E-state index in [9.17, 15) is 4.79 Å². The Bertz CT molecular complexity index is 499. The highest BCUT2D eigenvalue weighted by Gasteiger charge is 2.09. The van der Waals surface area contributed by atoms with Gasteiger partial charge in [0, 0.05) is 18.9 Å². The van der Waals surface area contributed by atoms with Gasteiger partial charge in [0.15, 0.2) is 0 Å². The maximum atomic E-state index is 11.3. The fraction of sp³-hybridized carbons (Fsp3) is 0.696. The lowest BCUT2D eigenvalue weighted by Crippen LogP contribution is -2.07. The molecule has 1 heterocycles. The maximum Gasteiger partial charge on any atom is 0.338 e. The second kappa shape index (κ2) is 18.8. The van der Waals surface area contributed by atoms with E-state index in [0.29, 0.717) is 17.9 Å². The van der Waals surface area contributed by atoms with Gasteiger partial charge in [-0.2, -0.15) is 0 Å². The van der Waals surface area contributed by atoms with Gasteiger partial charge >= 0.3 is 5.97 Å². The summed E-state index contributed by atoms with van der Waals surface area (Å²) in [6.45, 7) is 16.3. The van der Waals surface area contributed by atoms with Gasteiger partial charge in [0.1, 0.15) is 0 Å².